The molecule has 0 saturated carbocycles. The molecule has 1 N–H and O–H groups in total. The smallest absolute Gasteiger partial charge is 0.321 e. The van der Waals surface area contributed by atoms with Gasteiger partial charge in [-0.05, 0) is 26.2 Å². The number of amides is 2. The summed E-state index contributed by atoms with van der Waals surface area (Å²) >= 11 is 0. The summed E-state index contributed by atoms with van der Waals surface area (Å²) in [6.45, 7) is 1.39. The first-order chi connectivity index (χ1) is 10.5. The quantitative estimate of drug-likeness (QED) is 0.919. The highest BCUT2D eigenvalue weighted by Crippen LogP contribution is 2.15. The van der Waals surface area contributed by atoms with Crippen molar-refractivity contribution in [2.24, 2.45) is 0 Å². The van der Waals surface area contributed by atoms with E-state index in [1.807, 2.05) is 19.0 Å². The number of nitrogens with one attached hydrogen (secondary N) is 1. The molecule has 0 fully saturated rings. The molecular weight excluding hydrogens is 285 g/mol. The van der Waals surface area contributed by atoms with Crippen molar-refractivity contribution in [2.75, 3.05) is 39.5 Å². The summed E-state index contributed by atoms with van der Waals surface area (Å²) in [4.78, 5) is 15.6. The molecular formula is C15H20FN5O. The number of carbonyl (C=O) groups excluding carboxylic acids is 1. The molecule has 118 valence electrons. The Bertz CT molecular complexity index is 640. The van der Waals surface area contributed by atoms with Crippen molar-refractivity contribution in [3.8, 4) is 5.69 Å². The maximum atomic E-state index is 13.7. The van der Waals surface area contributed by atoms with Crippen LogP contribution < -0.4 is 5.32 Å². The second-order valence-corrected chi connectivity index (χ2v) is 5.28. The molecule has 22 heavy (non-hydrogen) atoms. The van der Waals surface area contributed by atoms with Gasteiger partial charge in [0, 0.05) is 20.1 Å². The molecule has 2 aromatic rings. The Kier molecular flexibility index (Phi) is 5.11. The summed E-state index contributed by atoms with van der Waals surface area (Å²) in [5.74, 6) is -0.369. The van der Waals surface area contributed by atoms with Gasteiger partial charge in [0.25, 0.3) is 0 Å². The summed E-state index contributed by atoms with van der Waals surface area (Å²) in [5, 5.41) is 6.81. The first-order valence-corrected chi connectivity index (χ1v) is 6.94. The fraction of sp³-hybridized carbons (Fsp3) is 0.333. The van der Waals surface area contributed by atoms with E-state index in [4.69, 9.17) is 0 Å². The van der Waals surface area contributed by atoms with Crippen LogP contribution >= 0.6 is 0 Å². The fourth-order valence-corrected chi connectivity index (χ4v) is 1.83. The lowest BCUT2D eigenvalue weighted by atomic mass is 10.3. The van der Waals surface area contributed by atoms with Crippen LogP contribution in [0.3, 0.4) is 0 Å². The highest BCUT2D eigenvalue weighted by atomic mass is 19.1. The molecule has 0 saturated heterocycles. The summed E-state index contributed by atoms with van der Waals surface area (Å²) in [6, 6.07) is 6.11. The van der Waals surface area contributed by atoms with Crippen molar-refractivity contribution in [2.45, 2.75) is 0 Å². The van der Waals surface area contributed by atoms with Crippen molar-refractivity contribution >= 4 is 11.7 Å². The molecule has 1 aromatic carbocycles. The van der Waals surface area contributed by atoms with Crippen LogP contribution in [0.2, 0.25) is 0 Å². The van der Waals surface area contributed by atoms with Crippen LogP contribution in [0.15, 0.2) is 36.7 Å². The van der Waals surface area contributed by atoms with Gasteiger partial charge in [0.2, 0.25) is 0 Å². The predicted octanol–water partition coefficient (Wildman–Crippen LogP) is 2.04. The monoisotopic (exact) mass is 305 g/mol. The third-order valence-corrected chi connectivity index (χ3v) is 3.16. The Morgan fingerprint density at radius 1 is 1.27 bits per heavy atom. The number of anilines is 1. The van der Waals surface area contributed by atoms with E-state index in [2.05, 4.69) is 10.4 Å². The average molecular weight is 305 g/mol. The minimum absolute atomic E-state index is 0.227. The van der Waals surface area contributed by atoms with E-state index in [0.717, 1.165) is 6.54 Å². The zero-order valence-electron chi connectivity index (χ0n) is 13.0. The highest BCUT2D eigenvalue weighted by molar-refractivity contribution is 5.88. The molecule has 2 rings (SSSR count). The number of para-hydroxylation sites is 1. The van der Waals surface area contributed by atoms with Gasteiger partial charge in [0.1, 0.15) is 11.5 Å². The standard InChI is InChI=1S/C15H20FN5O/c1-19(2)8-9-20(3)15(22)18-12-10-17-21(11-12)14-7-5-4-6-13(14)16/h4-7,10-11H,8-9H2,1-3H3,(H,18,22). The van der Waals surface area contributed by atoms with Gasteiger partial charge in [-0.1, -0.05) is 12.1 Å². The Morgan fingerprint density at radius 2 is 2.00 bits per heavy atom. The molecule has 0 radical (unpaired) electrons. The lowest BCUT2D eigenvalue weighted by Crippen LogP contribution is -2.36. The lowest BCUT2D eigenvalue weighted by Gasteiger charge is -2.19. The Morgan fingerprint density at radius 3 is 2.68 bits per heavy atom. The molecule has 1 aromatic heterocycles. The van der Waals surface area contributed by atoms with Gasteiger partial charge < -0.3 is 15.1 Å². The molecule has 0 aliphatic carbocycles. The van der Waals surface area contributed by atoms with E-state index in [9.17, 15) is 9.18 Å². The van der Waals surface area contributed by atoms with Crippen LogP contribution in [-0.2, 0) is 0 Å². The second-order valence-electron chi connectivity index (χ2n) is 5.28. The second kappa shape index (κ2) is 7.04. The third-order valence-electron chi connectivity index (χ3n) is 3.16. The van der Waals surface area contributed by atoms with Gasteiger partial charge in [0.05, 0.1) is 18.1 Å². The normalized spacial score (nSPS) is 10.8. The lowest BCUT2D eigenvalue weighted by molar-refractivity contribution is 0.217. The van der Waals surface area contributed by atoms with Crippen molar-refractivity contribution in [1.29, 1.82) is 0 Å². The number of urea groups is 1. The maximum Gasteiger partial charge on any atom is 0.321 e. The van der Waals surface area contributed by atoms with E-state index < -0.39 is 0 Å². The Hall–Kier alpha value is -2.41. The van der Waals surface area contributed by atoms with Crippen molar-refractivity contribution in [3.63, 3.8) is 0 Å². The first-order valence-electron chi connectivity index (χ1n) is 6.94. The van der Waals surface area contributed by atoms with E-state index in [-0.39, 0.29) is 11.8 Å². The summed E-state index contributed by atoms with van der Waals surface area (Å²) < 4.78 is 15.1. The van der Waals surface area contributed by atoms with Crippen LogP contribution in [0.1, 0.15) is 0 Å². The van der Waals surface area contributed by atoms with Gasteiger partial charge in [0.15, 0.2) is 0 Å². The van der Waals surface area contributed by atoms with Crippen LogP contribution in [0, 0.1) is 5.82 Å². The fourth-order valence-electron chi connectivity index (χ4n) is 1.83. The third kappa shape index (κ3) is 4.05. The van der Waals surface area contributed by atoms with E-state index in [1.165, 1.54) is 16.9 Å². The minimum Gasteiger partial charge on any atom is -0.326 e. The largest absolute Gasteiger partial charge is 0.326 e. The first kappa shape index (κ1) is 16.0. The molecule has 0 unspecified atom stereocenters. The van der Waals surface area contributed by atoms with E-state index >= 15 is 0 Å². The number of nitrogens with zero attached hydrogens (tertiary/aromatic N) is 4. The van der Waals surface area contributed by atoms with Crippen LogP contribution in [0.4, 0.5) is 14.9 Å². The number of aromatic nitrogens is 2. The van der Waals surface area contributed by atoms with Crippen LogP contribution in [-0.4, -0.2) is 59.8 Å². The predicted molar refractivity (Wildman–Crippen MR) is 83.7 cm³/mol. The number of benzene rings is 1. The zero-order chi connectivity index (χ0) is 16.1. The van der Waals surface area contributed by atoms with Crippen molar-refractivity contribution in [3.05, 3.63) is 42.5 Å². The summed E-state index contributed by atoms with van der Waals surface area (Å²) in [7, 11) is 5.62. The number of hydrogen-bond acceptors (Lipinski definition) is 3. The van der Waals surface area contributed by atoms with Crippen molar-refractivity contribution < 1.29 is 9.18 Å². The number of hydrogen-bond donors (Lipinski definition) is 1. The number of carbonyl (C=O) groups is 1. The average Bonchev–Trinajstić information content (AvgIpc) is 2.93. The molecule has 0 atom stereocenters. The van der Waals surface area contributed by atoms with Gasteiger partial charge >= 0.3 is 6.03 Å². The molecule has 1 heterocycles. The molecule has 0 aliphatic rings. The Balaban J connectivity index is 2.00. The molecule has 7 heteroatoms. The number of rotatable bonds is 5. The van der Waals surface area contributed by atoms with Gasteiger partial charge in [-0.3, -0.25) is 0 Å². The SMILES string of the molecule is CN(C)CCN(C)C(=O)Nc1cnn(-c2ccccc2F)c1. The number of halogens is 1. The van der Waals surface area contributed by atoms with E-state index in [1.54, 1.807) is 36.3 Å². The molecule has 2 amide bonds. The van der Waals surface area contributed by atoms with Crippen LogP contribution in [0.25, 0.3) is 5.69 Å². The highest BCUT2D eigenvalue weighted by Gasteiger charge is 2.11. The number of likely N-dealkylation sites (N-methyl/N-ethyl adjacent to an activating group) is 2. The molecule has 0 bridgehead atoms. The van der Waals surface area contributed by atoms with Gasteiger partial charge in [-0.15, -0.1) is 0 Å². The van der Waals surface area contributed by atoms with E-state index in [0.29, 0.717) is 17.9 Å². The van der Waals surface area contributed by atoms with Gasteiger partial charge in [-0.25, -0.2) is 13.9 Å². The van der Waals surface area contributed by atoms with Crippen LogP contribution in [0.5, 0.6) is 0 Å². The minimum atomic E-state index is -0.369. The Labute approximate surface area is 129 Å². The molecule has 0 spiro atoms. The molecule has 0 aliphatic heterocycles. The summed E-state index contributed by atoms with van der Waals surface area (Å²) in [5.41, 5.74) is 0.855. The maximum absolute atomic E-state index is 13.7. The topological polar surface area (TPSA) is 53.4 Å². The van der Waals surface area contributed by atoms with Gasteiger partial charge in [-0.2, -0.15) is 5.10 Å². The zero-order valence-corrected chi connectivity index (χ0v) is 13.0. The molecule has 6 nitrogen and oxygen atoms in total. The van der Waals surface area contributed by atoms with Crippen molar-refractivity contribution in [1.82, 2.24) is 19.6 Å². The summed E-state index contributed by atoms with van der Waals surface area (Å²) in [6.07, 6.45) is 3.07.